The Morgan fingerprint density at radius 2 is 1.35 bits per heavy atom. The second-order valence-electron chi connectivity index (χ2n) is 6.79. The number of carbonyl (C=O) groups is 1. The highest BCUT2D eigenvalue weighted by atomic mass is 32.2. The number of benzene rings is 3. The topological polar surface area (TPSA) is 115 Å². The maximum Gasteiger partial charge on any atom is 0.269 e. The fourth-order valence-electron chi connectivity index (χ4n) is 3.02. The molecule has 178 valence electrons. The molecule has 0 radical (unpaired) electrons. The second kappa shape index (κ2) is 10.9. The minimum absolute atomic E-state index is 0.0859. The van der Waals surface area contributed by atoms with E-state index in [4.69, 9.17) is 26.4 Å². The van der Waals surface area contributed by atoms with Gasteiger partial charge in [0.15, 0.2) is 16.6 Å². The number of carbonyl (C=O) groups excluding carboxylic acids is 1. The molecule has 34 heavy (non-hydrogen) atoms. The van der Waals surface area contributed by atoms with Gasteiger partial charge in [-0.3, -0.25) is 15.6 Å². The molecule has 0 aromatic heterocycles. The molecule has 1 amide bonds. The van der Waals surface area contributed by atoms with E-state index in [1.54, 1.807) is 30.3 Å². The first kappa shape index (κ1) is 24.8. The van der Waals surface area contributed by atoms with Gasteiger partial charge < -0.3 is 19.5 Å². The first-order chi connectivity index (χ1) is 16.3. The average Bonchev–Trinajstić information content (AvgIpc) is 2.87. The van der Waals surface area contributed by atoms with Crippen molar-refractivity contribution in [3.8, 4) is 17.2 Å². The molecule has 0 aliphatic carbocycles. The largest absolute Gasteiger partial charge is 0.493 e. The molecule has 3 aromatic rings. The van der Waals surface area contributed by atoms with Gasteiger partial charge in [0.1, 0.15) is 0 Å². The van der Waals surface area contributed by atoms with Gasteiger partial charge in [-0.15, -0.1) is 0 Å². The van der Waals surface area contributed by atoms with Crippen LogP contribution in [0.25, 0.3) is 0 Å². The zero-order valence-corrected chi connectivity index (χ0v) is 20.2. The molecule has 11 heteroatoms. The number of nitrogens with one attached hydrogen (secondary N) is 3. The molecule has 0 saturated carbocycles. The van der Waals surface area contributed by atoms with Crippen molar-refractivity contribution in [1.29, 1.82) is 0 Å². The normalized spacial score (nSPS) is 10.7. The molecule has 3 rings (SSSR count). The summed E-state index contributed by atoms with van der Waals surface area (Å²) in [5.41, 5.74) is 5.84. The van der Waals surface area contributed by atoms with Crippen LogP contribution in [-0.4, -0.2) is 40.8 Å². The maximum atomic E-state index is 12.7. The van der Waals surface area contributed by atoms with Crippen molar-refractivity contribution in [1.82, 2.24) is 10.9 Å². The Kier molecular flexibility index (Phi) is 7.92. The van der Waals surface area contributed by atoms with E-state index < -0.39 is 15.7 Å². The van der Waals surface area contributed by atoms with E-state index in [-0.39, 0.29) is 20.5 Å². The summed E-state index contributed by atoms with van der Waals surface area (Å²) >= 11 is 5.22. The standard InChI is InChI=1S/C23H23N3O6S2/c1-30-19-13-16(14-20(31-2)21(19)32-3)24-23(33)26-25-22(27)15-9-11-18(12-10-15)34(28,29)17-7-5-4-6-8-17/h4-14H,1-3H3,(H,25,27)(H2,24,26,33). The Hall–Kier alpha value is -3.83. The van der Waals surface area contributed by atoms with E-state index in [1.165, 1.54) is 57.7 Å². The minimum atomic E-state index is -3.67. The fraction of sp³-hybridized carbons (Fsp3) is 0.130. The van der Waals surface area contributed by atoms with Crippen molar-refractivity contribution in [2.45, 2.75) is 9.79 Å². The summed E-state index contributed by atoms with van der Waals surface area (Å²) in [6.45, 7) is 0. The lowest BCUT2D eigenvalue weighted by Gasteiger charge is -2.16. The third-order valence-corrected chi connectivity index (χ3v) is 6.68. The van der Waals surface area contributed by atoms with Gasteiger partial charge in [-0.2, -0.15) is 0 Å². The van der Waals surface area contributed by atoms with E-state index in [0.717, 1.165) is 0 Å². The first-order valence-electron chi connectivity index (χ1n) is 9.87. The zero-order valence-electron chi connectivity index (χ0n) is 18.6. The summed E-state index contributed by atoms with van der Waals surface area (Å²) in [6.07, 6.45) is 0. The van der Waals surface area contributed by atoms with Crippen LogP contribution in [0, 0.1) is 0 Å². The molecule has 0 fully saturated rings. The molecule has 0 spiro atoms. The Morgan fingerprint density at radius 3 is 1.88 bits per heavy atom. The monoisotopic (exact) mass is 501 g/mol. The summed E-state index contributed by atoms with van der Waals surface area (Å²) in [5, 5.41) is 3.01. The maximum absolute atomic E-state index is 12.7. The van der Waals surface area contributed by atoms with Crippen LogP contribution in [0.1, 0.15) is 10.4 Å². The van der Waals surface area contributed by atoms with Crippen LogP contribution in [-0.2, 0) is 9.84 Å². The number of rotatable bonds is 7. The van der Waals surface area contributed by atoms with Crippen molar-refractivity contribution in [3.63, 3.8) is 0 Å². The molecule has 0 saturated heterocycles. The quantitative estimate of drug-likeness (QED) is 0.332. The molecule has 0 heterocycles. The van der Waals surface area contributed by atoms with Gasteiger partial charge in [0.05, 0.1) is 31.1 Å². The van der Waals surface area contributed by atoms with Gasteiger partial charge in [-0.25, -0.2) is 8.42 Å². The molecule has 0 aliphatic heterocycles. The number of hydrogen-bond donors (Lipinski definition) is 3. The summed E-state index contributed by atoms with van der Waals surface area (Å²) in [7, 11) is 0.821. The van der Waals surface area contributed by atoms with Gasteiger partial charge in [-0.1, -0.05) is 18.2 Å². The van der Waals surface area contributed by atoms with Crippen LogP contribution < -0.4 is 30.4 Å². The molecule has 0 bridgehead atoms. The van der Waals surface area contributed by atoms with E-state index in [0.29, 0.717) is 22.9 Å². The van der Waals surface area contributed by atoms with Gasteiger partial charge >= 0.3 is 0 Å². The Balaban J connectivity index is 1.63. The number of thiocarbonyl (C=S) groups is 1. The van der Waals surface area contributed by atoms with Crippen molar-refractivity contribution >= 4 is 38.8 Å². The van der Waals surface area contributed by atoms with E-state index >= 15 is 0 Å². The highest BCUT2D eigenvalue weighted by Gasteiger charge is 2.18. The second-order valence-corrected chi connectivity index (χ2v) is 9.15. The van der Waals surface area contributed by atoms with Crippen molar-refractivity contribution < 1.29 is 27.4 Å². The number of anilines is 1. The number of hydrogen-bond acceptors (Lipinski definition) is 7. The van der Waals surface area contributed by atoms with Crippen molar-refractivity contribution in [3.05, 3.63) is 72.3 Å². The highest BCUT2D eigenvalue weighted by Crippen LogP contribution is 2.39. The molecule has 0 unspecified atom stereocenters. The lowest BCUT2D eigenvalue weighted by molar-refractivity contribution is 0.0944. The predicted octanol–water partition coefficient (Wildman–Crippen LogP) is 3.18. The minimum Gasteiger partial charge on any atom is -0.493 e. The van der Waals surface area contributed by atoms with Crippen LogP contribution in [0.5, 0.6) is 17.2 Å². The smallest absolute Gasteiger partial charge is 0.269 e. The summed E-state index contributed by atoms with van der Waals surface area (Å²) in [6, 6.07) is 17.0. The lowest BCUT2D eigenvalue weighted by atomic mass is 10.2. The zero-order chi connectivity index (χ0) is 24.7. The van der Waals surface area contributed by atoms with E-state index in [9.17, 15) is 13.2 Å². The van der Waals surface area contributed by atoms with Gasteiger partial charge in [0.2, 0.25) is 15.6 Å². The SMILES string of the molecule is COc1cc(NC(=S)NNC(=O)c2ccc(S(=O)(=O)c3ccccc3)cc2)cc(OC)c1OC. The summed E-state index contributed by atoms with van der Waals surface area (Å²) in [5.74, 6) is 0.793. The van der Waals surface area contributed by atoms with Crippen LogP contribution in [0.3, 0.4) is 0 Å². The summed E-state index contributed by atoms with van der Waals surface area (Å²) in [4.78, 5) is 12.7. The van der Waals surface area contributed by atoms with E-state index in [2.05, 4.69) is 16.2 Å². The molecule has 9 nitrogen and oxygen atoms in total. The molecule has 3 aromatic carbocycles. The number of hydrazine groups is 1. The number of amides is 1. The summed E-state index contributed by atoms with van der Waals surface area (Å²) < 4.78 is 41.2. The van der Waals surface area contributed by atoms with Crippen LogP contribution >= 0.6 is 12.2 Å². The van der Waals surface area contributed by atoms with Crippen LogP contribution in [0.2, 0.25) is 0 Å². The number of methoxy groups -OCH3 is 3. The van der Waals surface area contributed by atoms with Crippen LogP contribution in [0.15, 0.2) is 76.5 Å². The lowest BCUT2D eigenvalue weighted by Crippen LogP contribution is -2.43. The molecule has 3 N–H and O–H groups in total. The first-order valence-corrected chi connectivity index (χ1v) is 11.8. The predicted molar refractivity (Wildman–Crippen MR) is 131 cm³/mol. The Morgan fingerprint density at radius 1 is 0.794 bits per heavy atom. The van der Waals surface area contributed by atoms with Gasteiger partial charge in [0.25, 0.3) is 5.91 Å². The van der Waals surface area contributed by atoms with Crippen molar-refractivity contribution in [2.75, 3.05) is 26.6 Å². The molecule has 0 aliphatic rings. The highest BCUT2D eigenvalue weighted by molar-refractivity contribution is 7.91. The third-order valence-electron chi connectivity index (χ3n) is 4.69. The Labute approximate surface area is 202 Å². The fourth-order valence-corrected chi connectivity index (χ4v) is 4.47. The molecule has 0 atom stereocenters. The number of ether oxygens (including phenoxy) is 3. The van der Waals surface area contributed by atoms with Crippen molar-refractivity contribution in [2.24, 2.45) is 0 Å². The third kappa shape index (κ3) is 5.56. The molecular weight excluding hydrogens is 478 g/mol. The van der Waals surface area contributed by atoms with E-state index in [1.807, 2.05) is 0 Å². The average molecular weight is 502 g/mol. The number of sulfone groups is 1. The Bertz CT molecular complexity index is 1250. The molecular formula is C23H23N3O6S2. The van der Waals surface area contributed by atoms with Gasteiger partial charge in [0, 0.05) is 23.4 Å². The van der Waals surface area contributed by atoms with Gasteiger partial charge in [-0.05, 0) is 48.6 Å². The van der Waals surface area contributed by atoms with Crippen LogP contribution in [0.4, 0.5) is 5.69 Å².